The molecule has 0 saturated carbocycles. The van der Waals surface area contributed by atoms with E-state index in [0.717, 1.165) is 37.2 Å². The van der Waals surface area contributed by atoms with Crippen LogP contribution in [0.25, 0.3) is 0 Å². The van der Waals surface area contributed by atoms with E-state index < -0.39 is 0 Å². The van der Waals surface area contributed by atoms with E-state index in [1.54, 1.807) is 0 Å². The predicted molar refractivity (Wildman–Crippen MR) is 72.8 cm³/mol. The van der Waals surface area contributed by atoms with Crippen molar-refractivity contribution in [3.63, 3.8) is 0 Å². The number of rotatable bonds is 3. The van der Waals surface area contributed by atoms with Crippen LogP contribution in [0.4, 0.5) is 5.13 Å². The second-order valence-corrected chi connectivity index (χ2v) is 5.62. The predicted octanol–water partition coefficient (Wildman–Crippen LogP) is 1.96. The van der Waals surface area contributed by atoms with Crippen molar-refractivity contribution >= 4 is 22.4 Å². The zero-order chi connectivity index (χ0) is 12.8. The fraction of sp³-hybridized carbons (Fsp3) is 0.750. The maximum Gasteiger partial charge on any atom is 0.243 e. The molecule has 6 heteroatoms. The van der Waals surface area contributed by atoms with Crippen LogP contribution >= 0.6 is 11.3 Å². The molecule has 18 heavy (non-hydrogen) atoms. The fourth-order valence-corrected chi connectivity index (χ4v) is 2.75. The maximum atomic E-state index is 12.1. The summed E-state index contributed by atoms with van der Waals surface area (Å²) in [4.78, 5) is 12.1. The first-order chi connectivity index (χ1) is 8.79. The number of nitrogens with one attached hydrogen (secondary N) is 2. The second-order valence-electron chi connectivity index (χ2n) is 4.55. The van der Waals surface area contributed by atoms with Crippen molar-refractivity contribution in [2.45, 2.75) is 51.5 Å². The molecule has 1 aliphatic heterocycles. The molecule has 1 atom stereocenters. The largest absolute Gasteiger partial charge is 0.306 e. The molecule has 0 aromatic carbocycles. The van der Waals surface area contributed by atoms with Crippen molar-refractivity contribution in [1.82, 2.24) is 15.5 Å². The average Bonchev–Trinajstić information content (AvgIpc) is 2.76. The summed E-state index contributed by atoms with van der Waals surface area (Å²) in [5, 5.41) is 15.7. The lowest BCUT2D eigenvalue weighted by Crippen LogP contribution is -2.41. The summed E-state index contributed by atoms with van der Waals surface area (Å²) in [6, 6.07) is -0.0840. The number of anilines is 1. The SMILES string of the molecule is CCc1nnc(NC(=O)C2CCCCCCN2)s1. The van der Waals surface area contributed by atoms with Gasteiger partial charge in [-0.05, 0) is 25.8 Å². The third kappa shape index (κ3) is 3.74. The number of aryl methyl sites for hydroxylation is 1. The van der Waals surface area contributed by atoms with Crippen LogP contribution in [0, 0.1) is 0 Å². The first-order valence-corrected chi connectivity index (χ1v) is 7.48. The minimum atomic E-state index is -0.0840. The molecule has 2 heterocycles. The van der Waals surface area contributed by atoms with Gasteiger partial charge in [0.25, 0.3) is 0 Å². The van der Waals surface area contributed by atoms with Crippen LogP contribution in [0.2, 0.25) is 0 Å². The Kier molecular flexibility index (Phi) is 5.07. The van der Waals surface area contributed by atoms with Crippen molar-refractivity contribution in [1.29, 1.82) is 0 Å². The number of nitrogens with zero attached hydrogens (tertiary/aromatic N) is 2. The molecule has 2 rings (SSSR count). The fourth-order valence-electron chi connectivity index (χ4n) is 2.07. The molecule has 0 bridgehead atoms. The van der Waals surface area contributed by atoms with Crippen LogP contribution in [0.5, 0.6) is 0 Å². The third-order valence-corrected chi connectivity index (χ3v) is 4.11. The van der Waals surface area contributed by atoms with Gasteiger partial charge in [-0.25, -0.2) is 0 Å². The minimum absolute atomic E-state index is 0.0238. The Balaban J connectivity index is 1.89. The molecule has 100 valence electrons. The third-order valence-electron chi connectivity index (χ3n) is 3.13. The molecule has 1 aliphatic rings. The number of aromatic nitrogens is 2. The quantitative estimate of drug-likeness (QED) is 0.879. The van der Waals surface area contributed by atoms with E-state index in [0.29, 0.717) is 5.13 Å². The Bertz CT molecular complexity index is 385. The highest BCUT2D eigenvalue weighted by molar-refractivity contribution is 7.15. The van der Waals surface area contributed by atoms with Crippen LogP contribution in [0.3, 0.4) is 0 Å². The monoisotopic (exact) mass is 268 g/mol. The summed E-state index contributed by atoms with van der Waals surface area (Å²) < 4.78 is 0. The van der Waals surface area contributed by atoms with Gasteiger partial charge in [0.15, 0.2) is 0 Å². The standard InChI is InChI=1S/C12H20N4OS/c1-2-10-15-16-12(18-10)14-11(17)9-7-5-3-4-6-8-13-9/h9,13H,2-8H2,1H3,(H,14,16,17). The molecule has 1 saturated heterocycles. The van der Waals surface area contributed by atoms with Gasteiger partial charge in [-0.1, -0.05) is 37.5 Å². The first-order valence-electron chi connectivity index (χ1n) is 6.66. The summed E-state index contributed by atoms with van der Waals surface area (Å²) in [6.07, 6.45) is 6.52. The van der Waals surface area contributed by atoms with E-state index in [9.17, 15) is 4.79 Å². The molecule has 2 N–H and O–H groups in total. The lowest BCUT2D eigenvalue weighted by Gasteiger charge is -2.19. The van der Waals surface area contributed by atoms with Gasteiger partial charge in [0, 0.05) is 0 Å². The Morgan fingerprint density at radius 1 is 1.39 bits per heavy atom. The van der Waals surface area contributed by atoms with Crippen LogP contribution < -0.4 is 10.6 Å². The van der Waals surface area contributed by atoms with E-state index in [1.165, 1.54) is 24.2 Å². The zero-order valence-corrected chi connectivity index (χ0v) is 11.6. The van der Waals surface area contributed by atoms with Crippen molar-refractivity contribution < 1.29 is 4.79 Å². The maximum absolute atomic E-state index is 12.1. The summed E-state index contributed by atoms with van der Waals surface area (Å²) in [7, 11) is 0. The number of carbonyl (C=O) groups is 1. The molecule has 1 unspecified atom stereocenters. The van der Waals surface area contributed by atoms with E-state index >= 15 is 0 Å². The van der Waals surface area contributed by atoms with E-state index in [2.05, 4.69) is 20.8 Å². The molecule has 0 spiro atoms. The Hall–Kier alpha value is -1.01. The smallest absolute Gasteiger partial charge is 0.243 e. The number of hydrogen-bond acceptors (Lipinski definition) is 5. The molecule has 5 nitrogen and oxygen atoms in total. The van der Waals surface area contributed by atoms with E-state index in [1.807, 2.05) is 6.92 Å². The van der Waals surface area contributed by atoms with Crippen LogP contribution in [0.15, 0.2) is 0 Å². The van der Waals surface area contributed by atoms with Gasteiger partial charge < -0.3 is 5.32 Å². The molecular weight excluding hydrogens is 248 g/mol. The van der Waals surface area contributed by atoms with Crippen LogP contribution in [-0.2, 0) is 11.2 Å². The van der Waals surface area contributed by atoms with Crippen LogP contribution in [-0.4, -0.2) is 28.7 Å². The molecule has 1 fully saturated rings. The Morgan fingerprint density at radius 3 is 3.00 bits per heavy atom. The van der Waals surface area contributed by atoms with Gasteiger partial charge in [0.2, 0.25) is 11.0 Å². The van der Waals surface area contributed by atoms with Gasteiger partial charge in [-0.3, -0.25) is 10.1 Å². The van der Waals surface area contributed by atoms with Crippen molar-refractivity contribution in [3.05, 3.63) is 5.01 Å². The topological polar surface area (TPSA) is 66.9 Å². The zero-order valence-electron chi connectivity index (χ0n) is 10.7. The Labute approximate surface area is 111 Å². The highest BCUT2D eigenvalue weighted by Crippen LogP contribution is 2.17. The Morgan fingerprint density at radius 2 is 2.22 bits per heavy atom. The summed E-state index contributed by atoms with van der Waals surface area (Å²) >= 11 is 1.45. The van der Waals surface area contributed by atoms with Crippen molar-refractivity contribution in [2.75, 3.05) is 11.9 Å². The lowest BCUT2D eigenvalue weighted by atomic mass is 10.0. The number of amides is 1. The van der Waals surface area contributed by atoms with Gasteiger partial charge >= 0.3 is 0 Å². The molecule has 0 radical (unpaired) electrons. The van der Waals surface area contributed by atoms with Gasteiger partial charge in [0.05, 0.1) is 6.04 Å². The summed E-state index contributed by atoms with van der Waals surface area (Å²) in [6.45, 7) is 2.96. The molecule has 0 aliphatic carbocycles. The van der Waals surface area contributed by atoms with E-state index in [4.69, 9.17) is 0 Å². The highest BCUT2D eigenvalue weighted by atomic mass is 32.1. The summed E-state index contributed by atoms with van der Waals surface area (Å²) in [5.74, 6) is 0.0238. The highest BCUT2D eigenvalue weighted by Gasteiger charge is 2.19. The van der Waals surface area contributed by atoms with E-state index in [-0.39, 0.29) is 11.9 Å². The minimum Gasteiger partial charge on any atom is -0.306 e. The molecule has 1 amide bonds. The van der Waals surface area contributed by atoms with Gasteiger partial charge in [0.1, 0.15) is 5.01 Å². The average molecular weight is 268 g/mol. The molecular formula is C12H20N4OS. The summed E-state index contributed by atoms with van der Waals surface area (Å²) in [5.41, 5.74) is 0. The van der Waals surface area contributed by atoms with Crippen LogP contribution in [0.1, 0.15) is 44.0 Å². The first kappa shape index (κ1) is 13.4. The number of carbonyl (C=O) groups excluding carboxylic acids is 1. The van der Waals surface area contributed by atoms with Crippen molar-refractivity contribution in [2.24, 2.45) is 0 Å². The van der Waals surface area contributed by atoms with Gasteiger partial charge in [-0.2, -0.15) is 0 Å². The van der Waals surface area contributed by atoms with Crippen molar-refractivity contribution in [3.8, 4) is 0 Å². The number of hydrogen-bond donors (Lipinski definition) is 2. The molecule has 1 aromatic heterocycles. The van der Waals surface area contributed by atoms with Gasteiger partial charge in [-0.15, -0.1) is 10.2 Å². The lowest BCUT2D eigenvalue weighted by molar-refractivity contribution is -0.118. The normalized spacial score (nSPS) is 21.1. The second kappa shape index (κ2) is 6.80. The molecule has 1 aromatic rings.